The zero-order valence-corrected chi connectivity index (χ0v) is 33.3. The number of amides is 3. The second-order valence-corrected chi connectivity index (χ2v) is 15.3. The smallest absolute Gasteiger partial charge is 0.418 e. The number of benzene rings is 3. The highest BCUT2D eigenvalue weighted by Crippen LogP contribution is 2.40. The first kappa shape index (κ1) is 43.0. The highest BCUT2D eigenvalue weighted by Gasteiger charge is 2.47. The number of halogens is 4. The predicted octanol–water partition coefficient (Wildman–Crippen LogP) is 6.81. The molecule has 6 N–H and O–H groups in total. The van der Waals surface area contributed by atoms with Crippen molar-refractivity contribution >= 4 is 45.8 Å². The average Bonchev–Trinajstić information content (AvgIpc) is 3.55. The van der Waals surface area contributed by atoms with Crippen LogP contribution in [0, 0.1) is 17.7 Å². The summed E-state index contributed by atoms with van der Waals surface area (Å²) >= 11 is 5.82. The molecule has 57 heavy (non-hydrogen) atoms. The minimum Gasteiger partial charge on any atom is -0.504 e. The quantitative estimate of drug-likeness (QED) is 0.0573. The molecular weight excluding hydrogens is 763 g/mol. The van der Waals surface area contributed by atoms with Gasteiger partial charge in [0, 0.05) is 24.0 Å². The van der Waals surface area contributed by atoms with Gasteiger partial charge in [-0.1, -0.05) is 89.2 Å². The number of aromatic hydroxyl groups is 1. The van der Waals surface area contributed by atoms with Gasteiger partial charge in [0.1, 0.15) is 17.4 Å². The second kappa shape index (κ2) is 18.0. The number of aryl methyl sites for hydroxylation is 1. The number of thiocarbonyl (C=S) groups is 1. The molecule has 1 aliphatic rings. The molecule has 5 atom stereocenters. The maximum Gasteiger partial charge on any atom is 0.418 e. The molecule has 0 fully saturated rings. The monoisotopic (exact) mass is 811 g/mol. The van der Waals surface area contributed by atoms with E-state index in [4.69, 9.17) is 17.0 Å². The number of hydrogen-bond acceptors (Lipinski definition) is 6. The van der Waals surface area contributed by atoms with E-state index in [0.717, 1.165) is 6.07 Å². The Kier molecular flexibility index (Phi) is 13.5. The number of phenolic OH excluding ortho intramolecular Hbond substituents is 1. The fourth-order valence-corrected chi connectivity index (χ4v) is 7.61. The Morgan fingerprint density at radius 3 is 2.33 bits per heavy atom. The van der Waals surface area contributed by atoms with Crippen molar-refractivity contribution in [2.75, 3.05) is 7.11 Å². The van der Waals surface area contributed by atoms with Gasteiger partial charge in [-0.15, -0.1) is 0 Å². The molecule has 1 aromatic heterocycles. The fourth-order valence-electron chi connectivity index (χ4n) is 7.25. The van der Waals surface area contributed by atoms with Crippen molar-refractivity contribution in [3.8, 4) is 11.5 Å². The Bertz CT molecular complexity index is 2120. The van der Waals surface area contributed by atoms with E-state index < -0.39 is 58.8 Å². The van der Waals surface area contributed by atoms with Crippen LogP contribution in [0.5, 0.6) is 11.5 Å². The van der Waals surface area contributed by atoms with Gasteiger partial charge in [0.15, 0.2) is 11.5 Å². The molecule has 306 valence electrons. The van der Waals surface area contributed by atoms with E-state index in [1.165, 1.54) is 37.4 Å². The number of alkyl halides is 3. The molecule has 15 heteroatoms. The van der Waals surface area contributed by atoms with Crippen LogP contribution in [0.25, 0.3) is 10.9 Å². The number of carbonyl (C=O) groups is 3. The first-order chi connectivity index (χ1) is 27.0. The van der Waals surface area contributed by atoms with Crippen molar-refractivity contribution in [3.63, 3.8) is 0 Å². The van der Waals surface area contributed by atoms with Crippen LogP contribution in [0.2, 0.25) is 0 Å². The molecule has 0 saturated heterocycles. The maximum absolute atomic E-state index is 14.9. The van der Waals surface area contributed by atoms with Crippen molar-refractivity contribution < 1.29 is 41.8 Å². The molecule has 1 aliphatic carbocycles. The summed E-state index contributed by atoms with van der Waals surface area (Å²) in [5.41, 5.74) is -0.811. The number of phenols is 1. The van der Waals surface area contributed by atoms with E-state index in [-0.39, 0.29) is 60.4 Å². The number of carbonyl (C=O) groups excluding carboxylic acids is 3. The first-order valence-corrected chi connectivity index (χ1v) is 19.4. The van der Waals surface area contributed by atoms with E-state index in [1.54, 1.807) is 31.2 Å². The number of rotatable bonds is 15. The molecule has 0 spiro atoms. The summed E-state index contributed by atoms with van der Waals surface area (Å²) in [7, 11) is 1.44. The van der Waals surface area contributed by atoms with Crippen LogP contribution in [0.15, 0.2) is 60.7 Å². The lowest BCUT2D eigenvalue weighted by molar-refractivity contribution is -0.137. The number of H-pyrrole nitrogens is 1. The Balaban J connectivity index is 1.48. The van der Waals surface area contributed by atoms with Gasteiger partial charge in [-0.05, 0) is 65.6 Å². The number of methoxy groups -OCH3 is 1. The number of para-hydroxylation sites is 1. The van der Waals surface area contributed by atoms with Crippen molar-refractivity contribution in [1.29, 1.82) is 0 Å². The minimum atomic E-state index is -4.64. The number of aromatic amines is 1. The lowest BCUT2D eigenvalue weighted by Crippen LogP contribution is -2.67. The molecule has 0 radical (unpaired) electrons. The fraction of sp³-hybridized carbons (Fsp3) is 0.429. The van der Waals surface area contributed by atoms with Gasteiger partial charge in [-0.2, -0.15) is 13.2 Å². The second-order valence-electron chi connectivity index (χ2n) is 14.8. The summed E-state index contributed by atoms with van der Waals surface area (Å²) in [6.45, 7) is 7.66. The van der Waals surface area contributed by atoms with Crippen LogP contribution in [0.1, 0.15) is 74.9 Å². The third-order valence-electron chi connectivity index (χ3n) is 11.0. The van der Waals surface area contributed by atoms with Crippen molar-refractivity contribution in [2.45, 2.75) is 96.6 Å². The topological polar surface area (TPSA) is 145 Å². The van der Waals surface area contributed by atoms with Crippen LogP contribution in [0.4, 0.5) is 17.6 Å². The summed E-state index contributed by atoms with van der Waals surface area (Å²) in [4.78, 5) is 45.8. The SMILES string of the molecule is CCC(C)[C@H](NC(=O)Cc1ccccc1F)C(=O)N[C@]1(C(=O)N[C@H](C(=S)NCc2ccc(OC)c(O)c2)C(C)CC)CCc2[nH]c3c(C(F)(F)F)cccc3c2C1. The molecule has 0 bridgehead atoms. The molecule has 2 unspecified atom stereocenters. The molecule has 4 aromatic rings. The Morgan fingerprint density at radius 2 is 1.68 bits per heavy atom. The molecule has 0 saturated carbocycles. The van der Waals surface area contributed by atoms with E-state index in [2.05, 4.69) is 26.3 Å². The highest BCUT2D eigenvalue weighted by molar-refractivity contribution is 7.80. The largest absolute Gasteiger partial charge is 0.504 e. The van der Waals surface area contributed by atoms with Gasteiger partial charge in [0.25, 0.3) is 0 Å². The lowest BCUT2D eigenvalue weighted by Gasteiger charge is -2.40. The minimum absolute atomic E-state index is 0.0146. The van der Waals surface area contributed by atoms with Gasteiger partial charge in [-0.25, -0.2) is 4.39 Å². The summed E-state index contributed by atoms with van der Waals surface area (Å²) in [6, 6.07) is 12.7. The van der Waals surface area contributed by atoms with Crippen molar-refractivity contribution in [1.82, 2.24) is 26.3 Å². The summed E-state index contributed by atoms with van der Waals surface area (Å²) in [5.74, 6) is -2.79. The molecule has 1 heterocycles. The Labute approximate surface area is 334 Å². The molecule has 10 nitrogen and oxygen atoms in total. The van der Waals surface area contributed by atoms with Gasteiger partial charge < -0.3 is 36.1 Å². The van der Waals surface area contributed by atoms with E-state index in [0.29, 0.717) is 40.4 Å². The van der Waals surface area contributed by atoms with Crippen LogP contribution in [-0.2, 0) is 46.4 Å². The number of hydrogen-bond donors (Lipinski definition) is 6. The molecule has 0 aliphatic heterocycles. The van der Waals surface area contributed by atoms with E-state index >= 15 is 0 Å². The van der Waals surface area contributed by atoms with Crippen molar-refractivity contribution in [2.24, 2.45) is 11.8 Å². The van der Waals surface area contributed by atoms with E-state index in [1.807, 2.05) is 20.8 Å². The van der Waals surface area contributed by atoms with Gasteiger partial charge in [-0.3, -0.25) is 14.4 Å². The lowest BCUT2D eigenvalue weighted by atomic mass is 9.78. The maximum atomic E-state index is 14.9. The third-order valence-corrected chi connectivity index (χ3v) is 11.4. The van der Waals surface area contributed by atoms with Crippen LogP contribution < -0.4 is 26.0 Å². The third kappa shape index (κ3) is 9.69. The standard InChI is InChI=1S/C42H49F4N5O5S/c1-6-23(3)35(49-34(53)20-26-11-8-9-14-30(26)43)38(54)51-41(18-17-31-28(21-41)27-12-10-13-29(37(27)48-31)42(44,45)46)40(55)50-36(24(4)7-2)39(57)47-22-25-15-16-33(56-5)32(52)19-25/h8-16,19,23-24,35-36,48,52H,6-7,17-18,20-22H2,1-5H3,(H,47,57)(H,49,53)(H,50,55)(H,51,54)/t23?,24?,35-,36-,41+/m0/s1. The molecule has 3 aromatic carbocycles. The summed E-state index contributed by atoms with van der Waals surface area (Å²) < 4.78 is 61.9. The van der Waals surface area contributed by atoms with Crippen molar-refractivity contribution in [3.05, 3.63) is 94.4 Å². The summed E-state index contributed by atoms with van der Waals surface area (Å²) in [6.07, 6.45) is -3.91. The predicted molar refractivity (Wildman–Crippen MR) is 213 cm³/mol. The zero-order valence-electron chi connectivity index (χ0n) is 32.5. The molecule has 5 rings (SSSR count). The zero-order chi connectivity index (χ0) is 41.7. The first-order valence-electron chi connectivity index (χ1n) is 19.0. The number of nitrogens with one attached hydrogen (secondary N) is 5. The number of fused-ring (bicyclic) bond motifs is 3. The van der Waals surface area contributed by atoms with Crippen LogP contribution in [0.3, 0.4) is 0 Å². The molecule has 3 amide bonds. The average molecular weight is 812 g/mol. The summed E-state index contributed by atoms with van der Waals surface area (Å²) in [5, 5.41) is 22.5. The number of aromatic nitrogens is 1. The van der Waals surface area contributed by atoms with Gasteiger partial charge in [0.05, 0.1) is 35.6 Å². The normalized spacial score (nSPS) is 17.4. The Hall–Kier alpha value is -5.18. The highest BCUT2D eigenvalue weighted by atomic mass is 32.1. The number of ether oxygens (including phenoxy) is 1. The molecular formula is C42H49F4N5O5S. The van der Waals surface area contributed by atoms with Gasteiger partial charge in [0.2, 0.25) is 17.7 Å². The van der Waals surface area contributed by atoms with Crippen LogP contribution >= 0.6 is 12.2 Å². The van der Waals surface area contributed by atoms with E-state index in [9.17, 15) is 37.1 Å². The van der Waals surface area contributed by atoms with Gasteiger partial charge >= 0.3 is 6.18 Å². The van der Waals surface area contributed by atoms with Crippen LogP contribution in [-0.4, -0.2) is 57.5 Å². The Morgan fingerprint density at radius 1 is 0.982 bits per heavy atom.